The fourth-order valence-corrected chi connectivity index (χ4v) is 9.70. The van der Waals surface area contributed by atoms with Crippen LogP contribution in [0.15, 0.2) is 12.1 Å². The van der Waals surface area contributed by atoms with E-state index in [2.05, 4.69) is 37.0 Å². The standard InChI is InChI=1S/C31H46N2O2/c1-5-35-19-31(34)15-13-24-23(17-31)8-9-26-25(24)12-14-30(4)27(10-11-28(26)30)20(2)16-22-7-6-21(3)33-29(22)18-32/h6-7,20,23-28,34H,5,8-17,19H2,1-4H3/t20-,23-,24+,25-,26-,27-,28+,30-,31-/m1/s1. The Hall–Kier alpha value is -1.44. The predicted molar refractivity (Wildman–Crippen MR) is 139 cm³/mol. The maximum atomic E-state index is 11.1. The van der Waals surface area contributed by atoms with Gasteiger partial charge in [0.05, 0.1) is 12.2 Å². The number of rotatable bonds is 6. The number of aromatic nitrogens is 1. The molecule has 0 aliphatic heterocycles. The summed E-state index contributed by atoms with van der Waals surface area (Å²) in [5.74, 6) is 5.41. The van der Waals surface area contributed by atoms with Gasteiger partial charge in [0.25, 0.3) is 0 Å². The minimum atomic E-state index is -0.589. The Morgan fingerprint density at radius 1 is 1.11 bits per heavy atom. The Bertz CT molecular complexity index is 956. The van der Waals surface area contributed by atoms with Crippen molar-refractivity contribution >= 4 is 0 Å². The summed E-state index contributed by atoms with van der Waals surface area (Å²) in [5.41, 5.74) is 2.53. The third-order valence-corrected chi connectivity index (χ3v) is 11.2. The molecule has 9 atom stereocenters. The van der Waals surface area contributed by atoms with Crippen LogP contribution in [0.5, 0.6) is 0 Å². The van der Waals surface area contributed by atoms with Gasteiger partial charge in [0.2, 0.25) is 0 Å². The zero-order chi connectivity index (χ0) is 24.8. The summed E-state index contributed by atoms with van der Waals surface area (Å²) in [6, 6.07) is 6.54. The van der Waals surface area contributed by atoms with Gasteiger partial charge in [-0.15, -0.1) is 0 Å². The van der Waals surface area contributed by atoms with Gasteiger partial charge in [-0.2, -0.15) is 5.26 Å². The molecule has 1 heterocycles. The van der Waals surface area contributed by atoms with Crippen molar-refractivity contribution in [2.24, 2.45) is 46.8 Å². The minimum absolute atomic E-state index is 0.433. The Morgan fingerprint density at radius 2 is 1.91 bits per heavy atom. The summed E-state index contributed by atoms with van der Waals surface area (Å²) < 4.78 is 5.66. The van der Waals surface area contributed by atoms with Gasteiger partial charge in [0.1, 0.15) is 11.8 Å². The summed E-state index contributed by atoms with van der Waals surface area (Å²) in [4.78, 5) is 4.50. The number of fused-ring (bicyclic) bond motifs is 5. The second-order valence-electron chi connectivity index (χ2n) is 13.0. The summed E-state index contributed by atoms with van der Waals surface area (Å²) >= 11 is 0. The molecule has 4 aliphatic carbocycles. The highest BCUT2D eigenvalue weighted by molar-refractivity contribution is 5.33. The van der Waals surface area contributed by atoms with Gasteiger partial charge in [-0.25, -0.2) is 4.98 Å². The fraction of sp³-hybridized carbons (Fsp3) is 0.806. The number of nitrogens with zero attached hydrogens (tertiary/aromatic N) is 2. The first-order chi connectivity index (χ1) is 16.8. The van der Waals surface area contributed by atoms with Crippen LogP contribution in [0.3, 0.4) is 0 Å². The van der Waals surface area contributed by atoms with Crippen LogP contribution in [0.1, 0.15) is 95.5 Å². The second kappa shape index (κ2) is 9.79. The summed E-state index contributed by atoms with van der Waals surface area (Å²) in [5, 5.41) is 20.8. The molecule has 0 bridgehead atoms. The first-order valence-electron chi connectivity index (χ1n) is 14.4. The molecule has 4 saturated carbocycles. The lowest BCUT2D eigenvalue weighted by Gasteiger charge is -2.57. The largest absolute Gasteiger partial charge is 0.387 e. The van der Waals surface area contributed by atoms with E-state index in [-0.39, 0.29) is 0 Å². The van der Waals surface area contributed by atoms with Crippen LogP contribution in [0.25, 0.3) is 0 Å². The van der Waals surface area contributed by atoms with Crippen LogP contribution in [-0.4, -0.2) is 28.9 Å². The molecular formula is C31H46N2O2. The maximum Gasteiger partial charge on any atom is 0.143 e. The van der Waals surface area contributed by atoms with Crippen LogP contribution in [0.2, 0.25) is 0 Å². The number of aryl methyl sites for hydroxylation is 1. The molecule has 4 heteroatoms. The van der Waals surface area contributed by atoms with Crippen molar-refractivity contribution in [3.05, 3.63) is 29.1 Å². The molecule has 4 fully saturated rings. The number of aliphatic hydroxyl groups is 1. The molecule has 0 radical (unpaired) electrons. The zero-order valence-electron chi connectivity index (χ0n) is 22.4. The smallest absolute Gasteiger partial charge is 0.143 e. The minimum Gasteiger partial charge on any atom is -0.387 e. The highest BCUT2D eigenvalue weighted by atomic mass is 16.5. The number of nitriles is 1. The molecule has 1 aromatic heterocycles. The van der Waals surface area contributed by atoms with Crippen molar-refractivity contribution in [3.63, 3.8) is 0 Å². The molecule has 0 amide bonds. The molecule has 0 spiro atoms. The van der Waals surface area contributed by atoms with E-state index in [9.17, 15) is 10.4 Å². The topological polar surface area (TPSA) is 66.1 Å². The van der Waals surface area contributed by atoms with Crippen molar-refractivity contribution in [1.82, 2.24) is 4.98 Å². The molecule has 5 rings (SSSR count). The first kappa shape index (κ1) is 25.2. The predicted octanol–water partition coefficient (Wildman–Crippen LogP) is 6.48. The SMILES string of the molecule is CCOC[C@@]1(O)CC[C@H]2[C@H](CC[C@@H]3[C@@H]2CC[C@]2(C)[C@@H]([C@H](C)Cc4ccc(C)nc4C#N)CC[C@@H]32)C1. The Morgan fingerprint density at radius 3 is 2.69 bits per heavy atom. The first-order valence-corrected chi connectivity index (χ1v) is 14.4. The monoisotopic (exact) mass is 478 g/mol. The van der Waals surface area contributed by atoms with Crippen molar-refractivity contribution < 1.29 is 9.84 Å². The average molecular weight is 479 g/mol. The molecule has 4 aliphatic rings. The van der Waals surface area contributed by atoms with Crippen LogP contribution in [0.4, 0.5) is 0 Å². The number of ether oxygens (including phenoxy) is 1. The molecule has 35 heavy (non-hydrogen) atoms. The van der Waals surface area contributed by atoms with Crippen LogP contribution < -0.4 is 0 Å². The molecule has 0 unspecified atom stereocenters. The lowest BCUT2D eigenvalue weighted by Crippen LogP contribution is -2.52. The lowest BCUT2D eigenvalue weighted by molar-refractivity contribution is -0.129. The van der Waals surface area contributed by atoms with Gasteiger partial charge < -0.3 is 9.84 Å². The van der Waals surface area contributed by atoms with Gasteiger partial charge in [-0.1, -0.05) is 19.9 Å². The van der Waals surface area contributed by atoms with E-state index in [1.54, 1.807) is 0 Å². The Balaban J connectivity index is 1.27. The molecule has 192 valence electrons. The van der Waals surface area contributed by atoms with Crippen LogP contribution >= 0.6 is 0 Å². The molecular weight excluding hydrogens is 432 g/mol. The van der Waals surface area contributed by atoms with Crippen molar-refractivity contribution in [2.45, 2.75) is 97.5 Å². The van der Waals surface area contributed by atoms with E-state index < -0.39 is 5.60 Å². The van der Waals surface area contributed by atoms with E-state index in [4.69, 9.17) is 4.74 Å². The van der Waals surface area contributed by atoms with Crippen molar-refractivity contribution in [3.8, 4) is 6.07 Å². The highest BCUT2D eigenvalue weighted by Gasteiger charge is 2.58. The fourth-order valence-electron chi connectivity index (χ4n) is 9.70. The second-order valence-corrected chi connectivity index (χ2v) is 13.0. The van der Waals surface area contributed by atoms with Crippen molar-refractivity contribution in [1.29, 1.82) is 5.26 Å². The lowest BCUT2D eigenvalue weighted by atomic mass is 9.48. The average Bonchev–Trinajstić information content (AvgIpc) is 3.21. The van der Waals surface area contributed by atoms with E-state index in [0.29, 0.717) is 36.2 Å². The number of pyridine rings is 1. The van der Waals surface area contributed by atoms with Crippen LogP contribution in [0, 0.1) is 65.1 Å². The van der Waals surface area contributed by atoms with Crippen LogP contribution in [-0.2, 0) is 11.2 Å². The number of hydrogen-bond acceptors (Lipinski definition) is 4. The molecule has 4 nitrogen and oxygen atoms in total. The third-order valence-electron chi connectivity index (χ3n) is 11.2. The zero-order valence-corrected chi connectivity index (χ0v) is 22.4. The molecule has 1 N–H and O–H groups in total. The van der Waals surface area contributed by atoms with E-state index in [1.807, 2.05) is 13.8 Å². The summed E-state index contributed by atoms with van der Waals surface area (Å²) in [6.07, 6.45) is 12.2. The van der Waals surface area contributed by atoms with Gasteiger partial charge in [-0.05, 0) is 137 Å². The molecule has 1 aromatic rings. The van der Waals surface area contributed by atoms with Gasteiger partial charge in [0, 0.05) is 12.3 Å². The van der Waals surface area contributed by atoms with E-state index in [1.165, 1.54) is 44.9 Å². The third kappa shape index (κ3) is 4.57. The molecule has 0 saturated heterocycles. The van der Waals surface area contributed by atoms with E-state index >= 15 is 0 Å². The summed E-state index contributed by atoms with van der Waals surface area (Å²) in [7, 11) is 0. The van der Waals surface area contributed by atoms with Gasteiger partial charge in [0.15, 0.2) is 0 Å². The van der Waals surface area contributed by atoms with Crippen molar-refractivity contribution in [2.75, 3.05) is 13.2 Å². The Labute approximate surface area is 212 Å². The number of hydrogen-bond donors (Lipinski definition) is 1. The van der Waals surface area contributed by atoms with E-state index in [0.717, 1.165) is 60.1 Å². The normalized spacial score (nSPS) is 41.4. The molecule has 0 aromatic carbocycles. The van der Waals surface area contributed by atoms with Gasteiger partial charge >= 0.3 is 0 Å². The Kier molecular flexibility index (Phi) is 7.05. The maximum absolute atomic E-state index is 11.1. The highest BCUT2D eigenvalue weighted by Crippen LogP contribution is 2.65. The summed E-state index contributed by atoms with van der Waals surface area (Å²) in [6.45, 7) is 10.3. The quantitative estimate of drug-likeness (QED) is 0.508. The van der Waals surface area contributed by atoms with Gasteiger partial charge in [-0.3, -0.25) is 0 Å².